The molecule has 2 rings (SSSR count). The number of benzene rings is 1. The minimum atomic E-state index is -0.179. The number of amides is 1. The highest BCUT2D eigenvalue weighted by atomic mass is 79.9. The Balaban J connectivity index is 0.00000128. The van der Waals surface area contributed by atoms with E-state index in [4.69, 9.17) is 5.73 Å². The number of anilines is 1. The van der Waals surface area contributed by atoms with Crippen molar-refractivity contribution < 1.29 is 4.79 Å². The van der Waals surface area contributed by atoms with Crippen LogP contribution in [0, 0.1) is 6.92 Å². The van der Waals surface area contributed by atoms with Gasteiger partial charge in [0.1, 0.15) is 0 Å². The number of hydrogen-bond acceptors (Lipinski definition) is 3. The molecule has 1 heterocycles. The van der Waals surface area contributed by atoms with Crippen molar-refractivity contribution in [1.82, 2.24) is 9.66 Å². The van der Waals surface area contributed by atoms with Crippen LogP contribution in [0.4, 0.5) is 5.95 Å². The molecule has 0 saturated heterocycles. The van der Waals surface area contributed by atoms with E-state index in [-0.39, 0.29) is 28.8 Å². The summed E-state index contributed by atoms with van der Waals surface area (Å²) in [4.78, 5) is 15.1. The van der Waals surface area contributed by atoms with Crippen LogP contribution in [0.3, 0.4) is 0 Å². The zero-order valence-electron chi connectivity index (χ0n) is 9.02. The molecule has 2 aromatic rings. The smallest absolute Gasteiger partial charge is 0.235 e. The summed E-state index contributed by atoms with van der Waals surface area (Å²) in [6.07, 6.45) is 0. The minimum absolute atomic E-state index is 0. The molecular formula is C10H13BrN4O. The summed E-state index contributed by atoms with van der Waals surface area (Å²) in [6, 6.07) is 5.75. The highest BCUT2D eigenvalue weighted by molar-refractivity contribution is 8.93. The lowest BCUT2D eigenvalue weighted by Gasteiger charge is -2.05. The van der Waals surface area contributed by atoms with Crippen molar-refractivity contribution in [3.05, 3.63) is 23.8 Å². The van der Waals surface area contributed by atoms with Gasteiger partial charge in [-0.05, 0) is 24.6 Å². The quantitative estimate of drug-likeness (QED) is 0.835. The van der Waals surface area contributed by atoms with Crippen molar-refractivity contribution >= 4 is 39.9 Å². The molecule has 0 aliphatic heterocycles. The molecular weight excluding hydrogens is 272 g/mol. The van der Waals surface area contributed by atoms with Gasteiger partial charge in [-0.2, -0.15) is 0 Å². The van der Waals surface area contributed by atoms with Gasteiger partial charge in [0.2, 0.25) is 11.9 Å². The molecule has 0 aliphatic rings. The van der Waals surface area contributed by atoms with E-state index in [1.54, 1.807) is 0 Å². The van der Waals surface area contributed by atoms with E-state index in [0.717, 1.165) is 16.6 Å². The van der Waals surface area contributed by atoms with Gasteiger partial charge < -0.3 is 5.73 Å². The third-order valence-corrected chi connectivity index (χ3v) is 2.11. The van der Waals surface area contributed by atoms with Crippen LogP contribution in [0.25, 0.3) is 11.0 Å². The minimum Gasteiger partial charge on any atom is -0.368 e. The molecule has 0 unspecified atom stereocenters. The zero-order valence-corrected chi connectivity index (χ0v) is 10.7. The lowest BCUT2D eigenvalue weighted by Crippen LogP contribution is -2.21. The van der Waals surface area contributed by atoms with Gasteiger partial charge in [0.25, 0.3) is 0 Å². The molecule has 0 atom stereocenters. The highest BCUT2D eigenvalue weighted by Gasteiger charge is 2.08. The fourth-order valence-electron chi connectivity index (χ4n) is 1.48. The van der Waals surface area contributed by atoms with Crippen LogP contribution >= 0.6 is 17.0 Å². The first-order chi connectivity index (χ1) is 7.08. The number of carbonyl (C=O) groups excluding carboxylic acids is 1. The number of imidazole rings is 1. The van der Waals surface area contributed by atoms with Gasteiger partial charge in [-0.25, -0.2) is 9.66 Å². The Labute approximate surface area is 103 Å². The van der Waals surface area contributed by atoms with Crippen molar-refractivity contribution in [3.8, 4) is 0 Å². The van der Waals surface area contributed by atoms with E-state index in [1.165, 1.54) is 11.6 Å². The molecule has 1 aromatic carbocycles. The highest BCUT2D eigenvalue weighted by Crippen LogP contribution is 2.17. The number of nitrogens with zero attached hydrogens (tertiary/aromatic N) is 2. The summed E-state index contributed by atoms with van der Waals surface area (Å²) in [6.45, 7) is 3.41. The number of nitrogen functional groups attached to an aromatic ring is 1. The predicted molar refractivity (Wildman–Crippen MR) is 69.2 cm³/mol. The topological polar surface area (TPSA) is 72.9 Å². The van der Waals surface area contributed by atoms with Gasteiger partial charge >= 0.3 is 0 Å². The summed E-state index contributed by atoms with van der Waals surface area (Å²) in [5.41, 5.74) is 11.0. The zero-order chi connectivity index (χ0) is 11.0. The predicted octanol–water partition coefficient (Wildman–Crippen LogP) is 1.59. The second kappa shape index (κ2) is 4.52. The molecule has 0 bridgehead atoms. The molecule has 16 heavy (non-hydrogen) atoms. The van der Waals surface area contributed by atoms with Crippen LogP contribution in [-0.2, 0) is 4.79 Å². The van der Waals surface area contributed by atoms with E-state index in [1.807, 2.05) is 25.1 Å². The van der Waals surface area contributed by atoms with Gasteiger partial charge in [-0.15, -0.1) is 17.0 Å². The molecule has 0 fully saturated rings. The van der Waals surface area contributed by atoms with Gasteiger partial charge in [0.05, 0.1) is 11.0 Å². The Morgan fingerprint density at radius 3 is 2.81 bits per heavy atom. The Morgan fingerprint density at radius 2 is 2.19 bits per heavy atom. The van der Waals surface area contributed by atoms with Crippen LogP contribution in [0.1, 0.15) is 12.5 Å². The lowest BCUT2D eigenvalue weighted by atomic mass is 10.2. The first-order valence-corrected chi connectivity index (χ1v) is 4.60. The van der Waals surface area contributed by atoms with Gasteiger partial charge in [-0.3, -0.25) is 10.2 Å². The molecule has 0 radical (unpaired) electrons. The first-order valence-electron chi connectivity index (χ1n) is 4.60. The standard InChI is InChI=1S/C10H12N4O.BrH/c1-6-3-4-9-8(5-6)12-10(11)14(9)13-7(2)15;/h3-5H,1-2H3,(H2,11,12)(H,13,15);1H. The van der Waals surface area contributed by atoms with Crippen molar-refractivity contribution in [2.45, 2.75) is 13.8 Å². The number of aryl methyl sites for hydroxylation is 1. The summed E-state index contributed by atoms with van der Waals surface area (Å²) in [7, 11) is 0. The molecule has 6 heteroatoms. The first kappa shape index (κ1) is 12.5. The fourth-order valence-corrected chi connectivity index (χ4v) is 1.48. The average molecular weight is 285 g/mol. The number of nitrogens with one attached hydrogen (secondary N) is 1. The number of hydrogen-bond donors (Lipinski definition) is 2. The normalized spacial score (nSPS) is 9.88. The third-order valence-electron chi connectivity index (χ3n) is 2.11. The number of rotatable bonds is 1. The van der Waals surface area contributed by atoms with Crippen LogP contribution in [-0.4, -0.2) is 15.6 Å². The molecule has 3 N–H and O–H groups in total. The number of halogens is 1. The molecule has 0 saturated carbocycles. The maximum Gasteiger partial charge on any atom is 0.235 e. The molecule has 1 amide bonds. The summed E-state index contributed by atoms with van der Waals surface area (Å²) in [5.74, 6) is 0.104. The van der Waals surface area contributed by atoms with E-state index >= 15 is 0 Å². The van der Waals surface area contributed by atoms with E-state index < -0.39 is 0 Å². The van der Waals surface area contributed by atoms with Crippen LogP contribution in [0.2, 0.25) is 0 Å². The van der Waals surface area contributed by atoms with Crippen LogP contribution < -0.4 is 11.2 Å². The number of nitrogens with two attached hydrogens (primary N) is 1. The number of fused-ring (bicyclic) bond motifs is 1. The van der Waals surface area contributed by atoms with E-state index in [9.17, 15) is 4.79 Å². The molecule has 5 nitrogen and oxygen atoms in total. The van der Waals surface area contributed by atoms with Crippen molar-refractivity contribution in [2.75, 3.05) is 11.2 Å². The second-order valence-electron chi connectivity index (χ2n) is 3.47. The molecule has 0 aliphatic carbocycles. The van der Waals surface area contributed by atoms with E-state index in [2.05, 4.69) is 10.4 Å². The van der Waals surface area contributed by atoms with Gasteiger partial charge in [-0.1, -0.05) is 6.07 Å². The Morgan fingerprint density at radius 1 is 1.50 bits per heavy atom. The average Bonchev–Trinajstić information content (AvgIpc) is 2.41. The van der Waals surface area contributed by atoms with Crippen molar-refractivity contribution in [2.24, 2.45) is 0 Å². The van der Waals surface area contributed by atoms with Crippen molar-refractivity contribution in [1.29, 1.82) is 0 Å². The van der Waals surface area contributed by atoms with Gasteiger partial charge in [0.15, 0.2) is 0 Å². The molecule has 86 valence electrons. The summed E-state index contributed by atoms with van der Waals surface area (Å²) in [5, 5.41) is 0. The third kappa shape index (κ3) is 2.16. The van der Waals surface area contributed by atoms with E-state index in [0.29, 0.717) is 0 Å². The van der Waals surface area contributed by atoms with Gasteiger partial charge in [0, 0.05) is 6.92 Å². The largest absolute Gasteiger partial charge is 0.368 e. The Bertz CT molecular complexity index is 535. The van der Waals surface area contributed by atoms with Crippen LogP contribution in [0.5, 0.6) is 0 Å². The monoisotopic (exact) mass is 284 g/mol. The maximum absolute atomic E-state index is 11.0. The molecule has 0 spiro atoms. The molecule has 1 aromatic heterocycles. The summed E-state index contributed by atoms with van der Waals surface area (Å²) < 4.78 is 1.48. The Hall–Kier alpha value is -1.56. The number of aromatic nitrogens is 2. The summed E-state index contributed by atoms with van der Waals surface area (Å²) >= 11 is 0. The fraction of sp³-hybridized carbons (Fsp3) is 0.200. The second-order valence-corrected chi connectivity index (χ2v) is 3.47. The number of carbonyl (C=O) groups is 1. The van der Waals surface area contributed by atoms with Crippen LogP contribution in [0.15, 0.2) is 18.2 Å². The van der Waals surface area contributed by atoms with Crippen molar-refractivity contribution in [3.63, 3.8) is 0 Å². The Kier molecular flexibility index (Phi) is 3.54. The lowest BCUT2D eigenvalue weighted by molar-refractivity contribution is -0.115. The SMILES string of the molecule is Br.CC(=O)Nn1c(N)nc2cc(C)ccc21. The maximum atomic E-state index is 11.0.